The fourth-order valence-corrected chi connectivity index (χ4v) is 5.72. The molecule has 196 valence electrons. The van der Waals surface area contributed by atoms with E-state index in [-0.39, 0.29) is 18.2 Å². The van der Waals surface area contributed by atoms with Gasteiger partial charge in [-0.3, -0.25) is 9.69 Å². The first kappa shape index (κ1) is 27.2. The van der Waals surface area contributed by atoms with Crippen LogP contribution in [0.2, 0.25) is 10.0 Å². The summed E-state index contributed by atoms with van der Waals surface area (Å²) in [5.41, 5.74) is 7.73. The Morgan fingerprint density at radius 3 is 2.42 bits per heavy atom. The van der Waals surface area contributed by atoms with E-state index in [0.29, 0.717) is 41.3 Å². The van der Waals surface area contributed by atoms with Crippen LogP contribution in [0, 0.1) is 5.82 Å². The molecule has 2 aliphatic heterocycles. The Bertz CT molecular complexity index is 1040. The fraction of sp³-hybridized carbons (Fsp3) is 0.536. The van der Waals surface area contributed by atoms with Crippen molar-refractivity contribution < 1.29 is 13.9 Å². The Morgan fingerprint density at radius 1 is 1.08 bits per heavy atom. The smallest absolute Gasteiger partial charge is 0.239 e. The van der Waals surface area contributed by atoms with E-state index >= 15 is 0 Å². The van der Waals surface area contributed by atoms with Crippen LogP contribution in [0.3, 0.4) is 0 Å². The first-order chi connectivity index (χ1) is 17.4. The Balaban J connectivity index is 1.35. The van der Waals surface area contributed by atoms with Crippen molar-refractivity contribution in [2.75, 3.05) is 32.8 Å². The van der Waals surface area contributed by atoms with Crippen molar-refractivity contribution in [3.63, 3.8) is 0 Å². The van der Waals surface area contributed by atoms with Crippen LogP contribution in [0.25, 0.3) is 0 Å². The average molecular weight is 537 g/mol. The number of carbonyl (C=O) groups is 1. The number of nitrogens with two attached hydrogens (primary N) is 1. The van der Waals surface area contributed by atoms with Crippen molar-refractivity contribution >= 4 is 29.1 Å². The third-order valence-electron chi connectivity index (χ3n) is 7.55. The summed E-state index contributed by atoms with van der Waals surface area (Å²) in [5, 5.41) is 0.987. The minimum absolute atomic E-state index is 0.145. The van der Waals surface area contributed by atoms with Crippen LogP contribution < -0.4 is 10.5 Å². The number of ether oxygens (including phenoxy) is 1. The second kappa shape index (κ2) is 12.6. The lowest BCUT2D eigenvalue weighted by molar-refractivity contribution is -0.133. The third-order valence-corrected chi connectivity index (χ3v) is 8.02. The summed E-state index contributed by atoms with van der Waals surface area (Å²) in [6.07, 6.45) is 5.34. The summed E-state index contributed by atoms with van der Waals surface area (Å²) < 4.78 is 20.5. The zero-order valence-electron chi connectivity index (χ0n) is 20.9. The Kier molecular flexibility index (Phi) is 9.51. The van der Waals surface area contributed by atoms with E-state index in [9.17, 15) is 9.18 Å². The predicted octanol–water partition coefficient (Wildman–Crippen LogP) is 5.66. The summed E-state index contributed by atoms with van der Waals surface area (Å²) >= 11 is 12.2. The van der Waals surface area contributed by atoms with Crippen LogP contribution in [-0.2, 0) is 11.2 Å². The van der Waals surface area contributed by atoms with Crippen molar-refractivity contribution in [1.82, 2.24) is 9.80 Å². The zero-order valence-corrected chi connectivity index (χ0v) is 22.4. The molecule has 0 saturated carbocycles. The minimum Gasteiger partial charge on any atom is -0.492 e. The van der Waals surface area contributed by atoms with Gasteiger partial charge in [-0.05, 0) is 92.9 Å². The van der Waals surface area contributed by atoms with E-state index < -0.39 is 11.9 Å². The molecule has 4 rings (SSSR count). The Labute approximate surface area is 223 Å². The average Bonchev–Trinajstić information content (AvgIpc) is 3.41. The monoisotopic (exact) mass is 535 g/mol. The molecule has 0 radical (unpaired) electrons. The molecule has 8 heteroatoms. The van der Waals surface area contributed by atoms with Crippen molar-refractivity contribution in [1.29, 1.82) is 0 Å². The van der Waals surface area contributed by atoms with Crippen LogP contribution in [-0.4, -0.2) is 60.6 Å². The van der Waals surface area contributed by atoms with Gasteiger partial charge in [0.15, 0.2) is 0 Å². The van der Waals surface area contributed by atoms with Gasteiger partial charge in [0.2, 0.25) is 5.91 Å². The highest BCUT2D eigenvalue weighted by Gasteiger charge is 2.29. The molecule has 2 N–H and O–H groups in total. The van der Waals surface area contributed by atoms with E-state index in [1.807, 2.05) is 12.1 Å². The molecule has 2 saturated heterocycles. The summed E-state index contributed by atoms with van der Waals surface area (Å²) in [4.78, 5) is 17.3. The highest BCUT2D eigenvalue weighted by molar-refractivity contribution is 6.31. The molecule has 36 heavy (non-hydrogen) atoms. The van der Waals surface area contributed by atoms with Crippen molar-refractivity contribution in [2.24, 2.45) is 5.73 Å². The molecular formula is C28H36Cl2FN3O2. The molecule has 0 spiro atoms. The van der Waals surface area contributed by atoms with Gasteiger partial charge < -0.3 is 15.4 Å². The molecule has 2 aromatic carbocycles. The van der Waals surface area contributed by atoms with Gasteiger partial charge in [0.1, 0.15) is 18.2 Å². The number of carbonyl (C=O) groups excluding carboxylic acids is 1. The maximum atomic E-state index is 14.2. The number of hydrogen-bond donors (Lipinski definition) is 1. The van der Waals surface area contributed by atoms with Crippen LogP contribution >= 0.6 is 23.2 Å². The quantitative estimate of drug-likeness (QED) is 0.449. The number of likely N-dealkylation sites (tertiary alicyclic amines) is 2. The predicted molar refractivity (Wildman–Crippen MR) is 143 cm³/mol. The van der Waals surface area contributed by atoms with Gasteiger partial charge in [0.25, 0.3) is 0 Å². The molecule has 0 aromatic heterocycles. The molecular weight excluding hydrogens is 500 g/mol. The van der Waals surface area contributed by atoms with E-state index in [1.165, 1.54) is 18.9 Å². The second-order valence-electron chi connectivity index (χ2n) is 9.94. The highest BCUT2D eigenvalue weighted by atomic mass is 35.5. The second-order valence-corrected chi connectivity index (χ2v) is 10.8. The molecule has 2 aromatic rings. The van der Waals surface area contributed by atoms with E-state index in [1.54, 1.807) is 17.0 Å². The van der Waals surface area contributed by atoms with Crippen molar-refractivity contribution in [2.45, 2.75) is 63.5 Å². The van der Waals surface area contributed by atoms with Gasteiger partial charge in [-0.15, -0.1) is 0 Å². The lowest BCUT2D eigenvalue weighted by Gasteiger charge is -2.34. The number of piperidine rings is 1. The van der Waals surface area contributed by atoms with Gasteiger partial charge in [0.05, 0.1) is 6.04 Å². The number of rotatable bonds is 9. The molecule has 0 aliphatic carbocycles. The van der Waals surface area contributed by atoms with Crippen molar-refractivity contribution in [3.8, 4) is 5.75 Å². The SMILES string of the molecule is CC[C@@H](COc1cc(Cl)ccc1C1CCN(C(=O)[C@H](N)Cc2ccc(Cl)cc2F)CC1)N1CCCC1. The molecule has 5 nitrogen and oxygen atoms in total. The molecule has 0 bridgehead atoms. The van der Waals surface area contributed by atoms with Gasteiger partial charge in [-0.2, -0.15) is 0 Å². The normalized spacial score (nSPS) is 18.9. The standard InChI is InChI=1S/C28H36Cl2FN3O2/c1-2-23(33-11-3-4-12-33)18-36-27-17-22(30)7-8-24(27)19-9-13-34(14-10-19)28(35)26(32)15-20-5-6-21(29)16-25(20)31/h5-8,16-17,19,23,26H,2-4,9-15,18,32H2,1H3/t23-,26+/m0/s1. The first-order valence-corrected chi connectivity index (χ1v) is 13.8. The number of nitrogens with zero attached hydrogens (tertiary/aromatic N) is 2. The molecule has 1 amide bonds. The van der Waals surface area contributed by atoms with Crippen LogP contribution in [0.15, 0.2) is 36.4 Å². The summed E-state index contributed by atoms with van der Waals surface area (Å²) in [6, 6.07) is 9.96. The van der Waals surface area contributed by atoms with Crippen molar-refractivity contribution in [3.05, 3.63) is 63.4 Å². The molecule has 2 atom stereocenters. The topological polar surface area (TPSA) is 58.8 Å². The molecule has 2 aliphatic rings. The zero-order chi connectivity index (χ0) is 25.7. The number of benzene rings is 2. The van der Waals surface area contributed by atoms with E-state index in [2.05, 4.69) is 17.9 Å². The van der Waals surface area contributed by atoms with Crippen LogP contribution in [0.5, 0.6) is 5.75 Å². The van der Waals surface area contributed by atoms with Gasteiger partial charge in [0, 0.05) is 29.2 Å². The summed E-state index contributed by atoms with van der Waals surface area (Å²) in [6.45, 7) is 6.36. The van der Waals surface area contributed by atoms with Gasteiger partial charge in [-0.1, -0.05) is 42.3 Å². The van der Waals surface area contributed by atoms with E-state index in [0.717, 1.165) is 43.7 Å². The number of hydrogen-bond acceptors (Lipinski definition) is 4. The molecule has 2 fully saturated rings. The minimum atomic E-state index is -0.789. The molecule has 2 heterocycles. The molecule has 0 unspecified atom stereocenters. The Hall–Kier alpha value is -1.86. The summed E-state index contributed by atoms with van der Waals surface area (Å²) in [7, 11) is 0. The van der Waals surface area contributed by atoms with E-state index in [4.69, 9.17) is 33.7 Å². The fourth-order valence-electron chi connectivity index (χ4n) is 5.40. The summed E-state index contributed by atoms with van der Waals surface area (Å²) in [5.74, 6) is 0.541. The largest absolute Gasteiger partial charge is 0.492 e. The Morgan fingerprint density at radius 2 is 1.75 bits per heavy atom. The maximum absolute atomic E-state index is 14.2. The van der Waals surface area contributed by atoms with Gasteiger partial charge >= 0.3 is 0 Å². The van der Waals surface area contributed by atoms with Crippen LogP contribution in [0.1, 0.15) is 56.1 Å². The first-order valence-electron chi connectivity index (χ1n) is 13.0. The lowest BCUT2D eigenvalue weighted by Crippen LogP contribution is -2.47. The van der Waals surface area contributed by atoms with Gasteiger partial charge in [-0.25, -0.2) is 4.39 Å². The highest BCUT2D eigenvalue weighted by Crippen LogP contribution is 2.36. The number of halogens is 3. The maximum Gasteiger partial charge on any atom is 0.239 e. The lowest BCUT2D eigenvalue weighted by atomic mass is 9.88. The third kappa shape index (κ3) is 6.71. The number of amides is 1. The van der Waals surface area contributed by atoms with Crippen LogP contribution in [0.4, 0.5) is 4.39 Å².